The van der Waals surface area contributed by atoms with Gasteiger partial charge in [0.25, 0.3) is 0 Å². The highest BCUT2D eigenvalue weighted by atomic mass is 35.5. The van der Waals surface area contributed by atoms with Crippen LogP contribution in [0.15, 0.2) is 42.5 Å². The first-order valence-electron chi connectivity index (χ1n) is 9.59. The SMILES string of the molecule is CCN(CC(=O)NCCc1ccc(OC)cc1)CC(=O)Nc1cc(Cl)ccc1C. The van der Waals surface area contributed by atoms with Crippen molar-refractivity contribution in [2.75, 3.05) is 38.6 Å². The number of nitrogens with one attached hydrogen (secondary N) is 2. The number of nitrogens with zero attached hydrogens (tertiary/aromatic N) is 1. The number of benzene rings is 2. The molecule has 0 saturated carbocycles. The van der Waals surface area contributed by atoms with Crippen LogP contribution in [-0.4, -0.2) is 50.0 Å². The summed E-state index contributed by atoms with van der Waals surface area (Å²) in [6.45, 7) is 5.25. The number of halogens is 1. The molecular weight excluding hydrogens is 390 g/mol. The fraction of sp³-hybridized carbons (Fsp3) is 0.364. The maximum atomic E-state index is 12.3. The van der Waals surface area contributed by atoms with Crippen LogP contribution in [0.2, 0.25) is 5.02 Å². The number of likely N-dealkylation sites (N-methyl/N-ethyl adjacent to an activating group) is 1. The Morgan fingerprint density at radius 3 is 2.41 bits per heavy atom. The van der Waals surface area contributed by atoms with Crippen molar-refractivity contribution in [1.82, 2.24) is 10.2 Å². The minimum Gasteiger partial charge on any atom is -0.497 e. The Morgan fingerprint density at radius 2 is 1.76 bits per heavy atom. The van der Waals surface area contributed by atoms with E-state index >= 15 is 0 Å². The Morgan fingerprint density at radius 1 is 1.07 bits per heavy atom. The number of methoxy groups -OCH3 is 1. The molecule has 2 N–H and O–H groups in total. The van der Waals surface area contributed by atoms with Gasteiger partial charge in [-0.2, -0.15) is 0 Å². The lowest BCUT2D eigenvalue weighted by atomic mass is 10.1. The van der Waals surface area contributed by atoms with Crippen molar-refractivity contribution in [3.8, 4) is 5.75 Å². The molecule has 0 radical (unpaired) electrons. The first-order chi connectivity index (χ1) is 13.9. The second-order valence-corrected chi connectivity index (χ2v) is 7.20. The third-order valence-corrected chi connectivity index (χ3v) is 4.79. The van der Waals surface area contributed by atoms with Gasteiger partial charge >= 0.3 is 0 Å². The number of rotatable bonds is 10. The summed E-state index contributed by atoms with van der Waals surface area (Å²) in [5.41, 5.74) is 2.74. The maximum absolute atomic E-state index is 12.3. The molecule has 0 aliphatic carbocycles. The molecule has 2 aromatic carbocycles. The van der Waals surface area contributed by atoms with Crippen molar-refractivity contribution < 1.29 is 14.3 Å². The van der Waals surface area contributed by atoms with Crippen molar-refractivity contribution in [3.05, 3.63) is 58.6 Å². The normalized spacial score (nSPS) is 10.7. The standard InChI is InChI=1S/C22H28ClN3O3/c1-4-26(15-22(28)25-20-13-18(23)8-5-16(20)2)14-21(27)24-12-11-17-6-9-19(29-3)10-7-17/h5-10,13H,4,11-12,14-15H2,1-3H3,(H,24,27)(H,25,28). The van der Waals surface area contributed by atoms with Crippen LogP contribution in [0.3, 0.4) is 0 Å². The molecule has 0 atom stereocenters. The average molecular weight is 418 g/mol. The molecule has 0 fully saturated rings. The van der Waals surface area contributed by atoms with E-state index in [9.17, 15) is 9.59 Å². The fourth-order valence-electron chi connectivity index (χ4n) is 2.80. The summed E-state index contributed by atoms with van der Waals surface area (Å²) < 4.78 is 5.13. The van der Waals surface area contributed by atoms with Crippen molar-refractivity contribution in [2.45, 2.75) is 20.3 Å². The largest absolute Gasteiger partial charge is 0.497 e. The summed E-state index contributed by atoms with van der Waals surface area (Å²) in [7, 11) is 1.63. The van der Waals surface area contributed by atoms with Gasteiger partial charge in [0, 0.05) is 17.3 Å². The highest BCUT2D eigenvalue weighted by molar-refractivity contribution is 6.31. The summed E-state index contributed by atoms with van der Waals surface area (Å²) in [5, 5.41) is 6.32. The van der Waals surface area contributed by atoms with Gasteiger partial charge in [0.1, 0.15) is 5.75 Å². The van der Waals surface area contributed by atoms with Gasteiger partial charge in [0.15, 0.2) is 0 Å². The minimum atomic E-state index is -0.178. The van der Waals surface area contributed by atoms with E-state index in [0.29, 0.717) is 23.8 Å². The lowest BCUT2D eigenvalue weighted by Crippen LogP contribution is -2.41. The Kier molecular flexibility index (Phi) is 8.96. The molecule has 0 aliphatic heterocycles. The molecule has 0 aromatic heterocycles. The molecule has 0 spiro atoms. The predicted molar refractivity (Wildman–Crippen MR) is 117 cm³/mol. The zero-order chi connectivity index (χ0) is 21.2. The van der Waals surface area contributed by atoms with E-state index in [1.165, 1.54) is 0 Å². The summed E-state index contributed by atoms with van der Waals surface area (Å²) >= 11 is 5.99. The van der Waals surface area contributed by atoms with Crippen molar-refractivity contribution >= 4 is 29.1 Å². The Balaban J connectivity index is 1.76. The number of aryl methyl sites for hydroxylation is 1. The predicted octanol–water partition coefficient (Wildman–Crippen LogP) is 3.28. The van der Waals surface area contributed by atoms with Crippen LogP contribution in [-0.2, 0) is 16.0 Å². The topological polar surface area (TPSA) is 70.7 Å². The minimum absolute atomic E-state index is 0.105. The lowest BCUT2D eigenvalue weighted by Gasteiger charge is -2.20. The molecule has 0 heterocycles. The monoisotopic (exact) mass is 417 g/mol. The van der Waals surface area contributed by atoms with E-state index in [2.05, 4.69) is 10.6 Å². The molecule has 6 nitrogen and oxygen atoms in total. The van der Waals surface area contributed by atoms with E-state index in [-0.39, 0.29) is 24.9 Å². The number of hydrogen-bond donors (Lipinski definition) is 2. The Bertz CT molecular complexity index is 825. The second kappa shape index (κ2) is 11.4. The molecule has 7 heteroatoms. The number of ether oxygens (including phenoxy) is 1. The molecular formula is C22H28ClN3O3. The molecule has 156 valence electrons. The van der Waals surface area contributed by atoms with Crippen LogP contribution in [0, 0.1) is 6.92 Å². The smallest absolute Gasteiger partial charge is 0.238 e. The highest BCUT2D eigenvalue weighted by Gasteiger charge is 2.14. The van der Waals surface area contributed by atoms with Crippen LogP contribution in [0.5, 0.6) is 5.75 Å². The number of amides is 2. The summed E-state index contributed by atoms with van der Waals surface area (Å²) in [6, 6.07) is 13.1. The van der Waals surface area contributed by atoms with Gasteiger partial charge in [-0.25, -0.2) is 0 Å². The summed E-state index contributed by atoms with van der Waals surface area (Å²) in [4.78, 5) is 26.3. The quantitative estimate of drug-likeness (QED) is 0.622. The van der Waals surface area contributed by atoms with Crippen molar-refractivity contribution in [1.29, 1.82) is 0 Å². The van der Waals surface area contributed by atoms with Gasteiger partial charge in [-0.1, -0.05) is 36.7 Å². The number of carbonyl (C=O) groups is 2. The molecule has 2 amide bonds. The zero-order valence-corrected chi connectivity index (χ0v) is 17.9. The highest BCUT2D eigenvalue weighted by Crippen LogP contribution is 2.20. The summed E-state index contributed by atoms with van der Waals surface area (Å²) in [5.74, 6) is 0.526. The van der Waals surface area contributed by atoms with Crippen LogP contribution in [0.25, 0.3) is 0 Å². The fourth-order valence-corrected chi connectivity index (χ4v) is 2.97. The van der Waals surface area contributed by atoms with E-state index < -0.39 is 0 Å². The number of carbonyl (C=O) groups excluding carboxylic acids is 2. The third kappa shape index (κ3) is 7.75. The first kappa shape index (κ1) is 22.7. The molecule has 29 heavy (non-hydrogen) atoms. The molecule has 2 rings (SSSR count). The second-order valence-electron chi connectivity index (χ2n) is 6.76. The van der Waals surface area contributed by atoms with Gasteiger partial charge in [-0.15, -0.1) is 0 Å². The lowest BCUT2D eigenvalue weighted by molar-refractivity contribution is -0.123. The average Bonchev–Trinajstić information content (AvgIpc) is 2.70. The van der Waals surface area contributed by atoms with E-state index in [4.69, 9.17) is 16.3 Å². The molecule has 2 aromatic rings. The van der Waals surface area contributed by atoms with E-state index in [1.807, 2.05) is 44.2 Å². The Hall–Kier alpha value is -2.57. The van der Waals surface area contributed by atoms with Gasteiger partial charge in [-0.3, -0.25) is 14.5 Å². The third-order valence-electron chi connectivity index (χ3n) is 4.55. The van der Waals surface area contributed by atoms with Gasteiger partial charge in [0.05, 0.1) is 20.2 Å². The van der Waals surface area contributed by atoms with Crippen LogP contribution < -0.4 is 15.4 Å². The van der Waals surface area contributed by atoms with E-state index in [0.717, 1.165) is 23.3 Å². The van der Waals surface area contributed by atoms with Crippen molar-refractivity contribution in [2.24, 2.45) is 0 Å². The van der Waals surface area contributed by atoms with Crippen LogP contribution in [0.4, 0.5) is 5.69 Å². The number of anilines is 1. The molecule has 0 saturated heterocycles. The number of hydrogen-bond acceptors (Lipinski definition) is 4. The molecule has 0 unspecified atom stereocenters. The molecule has 0 bridgehead atoms. The van der Waals surface area contributed by atoms with Gasteiger partial charge in [0.2, 0.25) is 11.8 Å². The van der Waals surface area contributed by atoms with Crippen LogP contribution >= 0.6 is 11.6 Å². The van der Waals surface area contributed by atoms with Gasteiger partial charge in [-0.05, 0) is 55.3 Å². The molecule has 0 aliphatic rings. The zero-order valence-electron chi connectivity index (χ0n) is 17.1. The van der Waals surface area contributed by atoms with Gasteiger partial charge < -0.3 is 15.4 Å². The van der Waals surface area contributed by atoms with Crippen LogP contribution in [0.1, 0.15) is 18.1 Å². The first-order valence-corrected chi connectivity index (χ1v) is 9.97. The van der Waals surface area contributed by atoms with E-state index in [1.54, 1.807) is 24.1 Å². The van der Waals surface area contributed by atoms with Crippen molar-refractivity contribution in [3.63, 3.8) is 0 Å². The Labute approximate surface area is 177 Å². The maximum Gasteiger partial charge on any atom is 0.238 e. The summed E-state index contributed by atoms with van der Waals surface area (Å²) in [6.07, 6.45) is 0.733.